The Kier molecular flexibility index (Phi) is 6.19. The summed E-state index contributed by atoms with van der Waals surface area (Å²) in [4.78, 5) is 21.9. The molecule has 194 valence electrons. The number of para-hydroxylation sites is 1. The number of aromatic amines is 1. The molecule has 2 heterocycles. The van der Waals surface area contributed by atoms with Crippen LogP contribution in [-0.2, 0) is 22.3 Å². The molecule has 1 amide bonds. The molecule has 6 rings (SSSR count). The third-order valence-corrected chi connectivity index (χ3v) is 8.99. The van der Waals surface area contributed by atoms with Crippen LogP contribution in [0.5, 0.6) is 0 Å². The number of H-pyrrole nitrogens is 1. The number of fused-ring (bicyclic) bond motifs is 4. The van der Waals surface area contributed by atoms with Gasteiger partial charge in [0.15, 0.2) is 0 Å². The second-order valence-electron chi connectivity index (χ2n) is 11.0. The third-order valence-electron chi connectivity index (χ3n) is 8.99. The van der Waals surface area contributed by atoms with Crippen LogP contribution in [0.1, 0.15) is 48.1 Å². The summed E-state index contributed by atoms with van der Waals surface area (Å²) in [6.45, 7) is 0.682. The largest absolute Gasteiger partial charge is 0.356 e. The van der Waals surface area contributed by atoms with Gasteiger partial charge in [0.25, 0.3) is 0 Å². The summed E-state index contributed by atoms with van der Waals surface area (Å²) in [5.74, 6) is -0.163. The normalized spacial score (nSPS) is 23.4. The smallest absolute Gasteiger partial charge is 0.247 e. The minimum absolute atomic E-state index is 0.0428. The first-order valence-electron chi connectivity index (χ1n) is 13.5. The summed E-state index contributed by atoms with van der Waals surface area (Å²) in [5.41, 5.74) is 4.94. The summed E-state index contributed by atoms with van der Waals surface area (Å²) >= 11 is 0. The first-order chi connectivity index (χ1) is 18.4. The molecule has 1 aliphatic heterocycles. The van der Waals surface area contributed by atoms with Gasteiger partial charge in [-0.25, -0.2) is 4.39 Å². The van der Waals surface area contributed by atoms with Crippen LogP contribution < -0.4 is 0 Å². The topological polar surface area (TPSA) is 39.3 Å². The van der Waals surface area contributed by atoms with Crippen LogP contribution in [0.3, 0.4) is 0 Å². The molecule has 1 N–H and O–H groups in total. The van der Waals surface area contributed by atoms with Crippen molar-refractivity contribution in [2.45, 2.75) is 43.2 Å². The molecular weight excluding hydrogens is 473 g/mol. The molecule has 1 aromatic heterocycles. The number of rotatable bonds is 4. The van der Waals surface area contributed by atoms with E-state index in [9.17, 15) is 9.18 Å². The summed E-state index contributed by atoms with van der Waals surface area (Å²) in [7, 11) is 4.17. The van der Waals surface area contributed by atoms with Gasteiger partial charge in [0.2, 0.25) is 5.91 Å². The van der Waals surface area contributed by atoms with E-state index in [1.807, 2.05) is 42.5 Å². The van der Waals surface area contributed by atoms with Gasteiger partial charge in [-0.2, -0.15) is 0 Å². The summed E-state index contributed by atoms with van der Waals surface area (Å²) in [6, 6.07) is 25.5. The van der Waals surface area contributed by atoms with Gasteiger partial charge < -0.3 is 9.88 Å². The number of amides is 1. The number of aromatic nitrogens is 1. The molecule has 0 bridgehead atoms. The lowest BCUT2D eigenvalue weighted by Gasteiger charge is -2.55. The highest BCUT2D eigenvalue weighted by molar-refractivity contribution is 5.93. The van der Waals surface area contributed by atoms with E-state index in [0.29, 0.717) is 6.54 Å². The van der Waals surface area contributed by atoms with Gasteiger partial charge in [0, 0.05) is 34.8 Å². The van der Waals surface area contributed by atoms with Crippen molar-refractivity contribution in [3.05, 3.63) is 113 Å². The maximum Gasteiger partial charge on any atom is 0.247 e. The van der Waals surface area contributed by atoms with Gasteiger partial charge in [-0.1, -0.05) is 60.7 Å². The van der Waals surface area contributed by atoms with Gasteiger partial charge in [-0.05, 0) is 87.2 Å². The van der Waals surface area contributed by atoms with E-state index in [0.717, 1.165) is 48.7 Å². The number of benzene rings is 3. The Hall–Kier alpha value is -3.70. The fraction of sp³-hybridized carbons (Fsp3) is 0.303. The molecule has 5 heteroatoms. The molecule has 3 aromatic carbocycles. The van der Waals surface area contributed by atoms with E-state index in [4.69, 9.17) is 0 Å². The van der Waals surface area contributed by atoms with E-state index >= 15 is 0 Å². The molecule has 1 fully saturated rings. The van der Waals surface area contributed by atoms with Gasteiger partial charge in [-0.15, -0.1) is 0 Å². The number of hydrogen-bond donors (Lipinski definition) is 1. The Morgan fingerprint density at radius 3 is 2.42 bits per heavy atom. The maximum absolute atomic E-state index is 14.3. The van der Waals surface area contributed by atoms with E-state index < -0.39 is 5.54 Å². The minimum atomic E-state index is -0.433. The van der Waals surface area contributed by atoms with Crippen LogP contribution in [0.4, 0.5) is 4.39 Å². The molecule has 0 saturated heterocycles. The molecule has 38 heavy (non-hydrogen) atoms. The lowest BCUT2D eigenvalue weighted by Crippen LogP contribution is -2.58. The Labute approximate surface area is 223 Å². The first-order valence-corrected chi connectivity index (χ1v) is 13.5. The monoisotopic (exact) mass is 507 g/mol. The van der Waals surface area contributed by atoms with E-state index in [2.05, 4.69) is 53.1 Å². The highest BCUT2D eigenvalue weighted by Crippen LogP contribution is 2.53. The Morgan fingerprint density at radius 1 is 0.947 bits per heavy atom. The van der Waals surface area contributed by atoms with Crippen LogP contribution >= 0.6 is 0 Å². The summed E-state index contributed by atoms with van der Waals surface area (Å²) in [5, 5.41) is 1.25. The molecule has 2 aliphatic rings. The van der Waals surface area contributed by atoms with Crippen LogP contribution in [-0.4, -0.2) is 41.3 Å². The van der Waals surface area contributed by atoms with E-state index in [1.54, 1.807) is 18.2 Å². The number of carbonyl (C=O) groups is 1. The van der Waals surface area contributed by atoms with Gasteiger partial charge in [-0.3, -0.25) is 9.69 Å². The predicted molar refractivity (Wildman–Crippen MR) is 151 cm³/mol. The van der Waals surface area contributed by atoms with Crippen LogP contribution in [0, 0.1) is 5.82 Å². The van der Waals surface area contributed by atoms with Crippen molar-refractivity contribution in [2.24, 2.45) is 0 Å². The standard InChI is InChI=1S/C33H34FN3O/c1-36(2)32(25-11-8-12-26(34)23-25)18-20-33(21-19-32)31-28(27-13-6-7-14-29(27)35-31)17-22-37(33)30(38)16-15-24-9-4-3-5-10-24/h3-16,23,35H,17-22H2,1-2H3/b16-15+/t32-,33-. The molecule has 1 saturated carbocycles. The van der Waals surface area contributed by atoms with Crippen molar-refractivity contribution in [1.82, 2.24) is 14.8 Å². The Morgan fingerprint density at radius 2 is 1.68 bits per heavy atom. The maximum atomic E-state index is 14.3. The van der Waals surface area contributed by atoms with Gasteiger partial charge in [0.05, 0.1) is 5.54 Å². The SMILES string of the molecule is CN(C)[C@]1(c2cccc(F)c2)CC[C@@]2(CC1)c1[nH]c3ccccc3c1CCN2C(=O)/C=C/c1ccccc1. The zero-order valence-corrected chi connectivity index (χ0v) is 22.1. The van der Waals surface area contributed by atoms with Crippen molar-refractivity contribution in [3.8, 4) is 0 Å². The van der Waals surface area contributed by atoms with Crippen molar-refractivity contribution < 1.29 is 9.18 Å². The second kappa shape index (κ2) is 9.55. The quantitative estimate of drug-likeness (QED) is 0.315. The number of hydrogen-bond acceptors (Lipinski definition) is 2. The highest BCUT2D eigenvalue weighted by Gasteiger charge is 2.52. The van der Waals surface area contributed by atoms with Crippen molar-refractivity contribution in [2.75, 3.05) is 20.6 Å². The van der Waals surface area contributed by atoms with Gasteiger partial charge in [0.1, 0.15) is 5.82 Å². The zero-order chi connectivity index (χ0) is 26.3. The average molecular weight is 508 g/mol. The van der Waals surface area contributed by atoms with Gasteiger partial charge >= 0.3 is 0 Å². The molecule has 0 atom stereocenters. The van der Waals surface area contributed by atoms with E-state index in [1.165, 1.54) is 22.7 Å². The van der Waals surface area contributed by atoms with Crippen LogP contribution in [0.2, 0.25) is 0 Å². The lowest BCUT2D eigenvalue weighted by atomic mass is 9.65. The number of carbonyl (C=O) groups excluding carboxylic acids is 1. The predicted octanol–water partition coefficient (Wildman–Crippen LogP) is 6.63. The lowest BCUT2D eigenvalue weighted by molar-refractivity contribution is -0.137. The number of nitrogens with one attached hydrogen (secondary N) is 1. The van der Waals surface area contributed by atoms with Crippen molar-refractivity contribution in [3.63, 3.8) is 0 Å². The highest BCUT2D eigenvalue weighted by atomic mass is 19.1. The second-order valence-corrected chi connectivity index (χ2v) is 11.0. The Balaban J connectivity index is 1.42. The molecule has 4 aromatic rings. The molecule has 0 unspecified atom stereocenters. The summed E-state index contributed by atoms with van der Waals surface area (Å²) in [6.07, 6.45) is 7.71. The van der Waals surface area contributed by atoms with Crippen LogP contribution in [0.25, 0.3) is 17.0 Å². The third kappa shape index (κ3) is 3.97. The molecular formula is C33H34FN3O. The molecule has 4 nitrogen and oxygen atoms in total. The zero-order valence-electron chi connectivity index (χ0n) is 22.1. The minimum Gasteiger partial charge on any atom is -0.356 e. The first kappa shape index (κ1) is 24.6. The fourth-order valence-corrected chi connectivity index (χ4v) is 6.94. The number of nitrogens with zero attached hydrogens (tertiary/aromatic N) is 2. The van der Waals surface area contributed by atoms with Crippen molar-refractivity contribution in [1.29, 1.82) is 0 Å². The van der Waals surface area contributed by atoms with Crippen molar-refractivity contribution >= 4 is 22.9 Å². The Bertz CT molecular complexity index is 1500. The molecule has 1 spiro atoms. The van der Waals surface area contributed by atoms with E-state index in [-0.39, 0.29) is 17.3 Å². The fourth-order valence-electron chi connectivity index (χ4n) is 6.94. The summed E-state index contributed by atoms with van der Waals surface area (Å²) < 4.78 is 14.3. The number of halogens is 1. The average Bonchev–Trinajstić information content (AvgIpc) is 3.33. The molecule has 1 aliphatic carbocycles. The van der Waals surface area contributed by atoms with Crippen LogP contribution in [0.15, 0.2) is 84.9 Å². The molecule has 0 radical (unpaired) electrons.